The molecule has 1 saturated carbocycles. The van der Waals surface area contributed by atoms with Crippen LogP contribution in [0, 0.1) is 12.3 Å². The highest BCUT2D eigenvalue weighted by molar-refractivity contribution is 7.09. The van der Waals surface area contributed by atoms with Crippen molar-refractivity contribution in [3.05, 3.63) is 16.1 Å². The summed E-state index contributed by atoms with van der Waals surface area (Å²) in [5.74, 6) is 0. The Kier molecular flexibility index (Phi) is 3.12. The van der Waals surface area contributed by atoms with Crippen molar-refractivity contribution < 1.29 is 0 Å². The molecule has 2 nitrogen and oxygen atoms in total. The third-order valence-electron chi connectivity index (χ3n) is 3.04. The van der Waals surface area contributed by atoms with E-state index in [1.807, 2.05) is 11.3 Å². The zero-order chi connectivity index (χ0) is 10.9. The standard InChI is InChI=1S/C12H20N2S/c1-9(2)13-8-12(4-5-12)6-11-14-10(3)7-15-11/h7,9,13H,4-6,8H2,1-3H3. The molecule has 1 fully saturated rings. The Bertz CT molecular complexity index is 326. The summed E-state index contributed by atoms with van der Waals surface area (Å²) in [4.78, 5) is 4.55. The van der Waals surface area contributed by atoms with E-state index in [-0.39, 0.29) is 0 Å². The molecule has 1 heterocycles. The van der Waals surface area contributed by atoms with Gasteiger partial charge in [-0.3, -0.25) is 0 Å². The summed E-state index contributed by atoms with van der Waals surface area (Å²) in [6, 6.07) is 0.598. The number of nitrogens with zero attached hydrogens (tertiary/aromatic N) is 1. The minimum atomic E-state index is 0.536. The zero-order valence-corrected chi connectivity index (χ0v) is 10.7. The molecule has 0 bridgehead atoms. The Balaban J connectivity index is 1.88. The molecule has 15 heavy (non-hydrogen) atoms. The molecule has 1 aliphatic rings. The maximum absolute atomic E-state index is 4.55. The highest BCUT2D eigenvalue weighted by atomic mass is 32.1. The van der Waals surface area contributed by atoms with Gasteiger partial charge in [0.15, 0.2) is 0 Å². The van der Waals surface area contributed by atoms with Gasteiger partial charge in [-0.05, 0) is 25.2 Å². The number of hydrogen-bond donors (Lipinski definition) is 1. The summed E-state index contributed by atoms with van der Waals surface area (Å²) in [5.41, 5.74) is 1.71. The first-order valence-electron chi connectivity index (χ1n) is 5.74. The first-order chi connectivity index (χ1) is 7.10. The van der Waals surface area contributed by atoms with Crippen LogP contribution in [0.1, 0.15) is 37.4 Å². The van der Waals surface area contributed by atoms with Crippen LogP contribution in [-0.4, -0.2) is 17.6 Å². The number of aryl methyl sites for hydroxylation is 1. The average Bonchev–Trinajstić information content (AvgIpc) is 2.81. The number of hydrogen-bond acceptors (Lipinski definition) is 3. The van der Waals surface area contributed by atoms with Crippen LogP contribution >= 0.6 is 11.3 Å². The van der Waals surface area contributed by atoms with Crippen LogP contribution in [0.5, 0.6) is 0 Å². The second-order valence-corrected chi connectivity index (χ2v) is 6.04. The molecule has 0 saturated heterocycles. The van der Waals surface area contributed by atoms with Crippen molar-refractivity contribution in [1.82, 2.24) is 10.3 Å². The number of nitrogens with one attached hydrogen (secondary N) is 1. The minimum Gasteiger partial charge on any atom is -0.314 e. The molecule has 1 aliphatic carbocycles. The van der Waals surface area contributed by atoms with Crippen molar-refractivity contribution in [2.24, 2.45) is 5.41 Å². The number of thiazole rings is 1. The van der Waals surface area contributed by atoms with Crippen LogP contribution in [0.2, 0.25) is 0 Å². The van der Waals surface area contributed by atoms with E-state index < -0.39 is 0 Å². The van der Waals surface area contributed by atoms with E-state index in [1.54, 1.807) is 0 Å². The zero-order valence-electron chi connectivity index (χ0n) is 9.84. The molecule has 0 spiro atoms. The summed E-state index contributed by atoms with van der Waals surface area (Å²) in [6.07, 6.45) is 3.90. The minimum absolute atomic E-state index is 0.536. The third-order valence-corrected chi connectivity index (χ3v) is 4.00. The smallest absolute Gasteiger partial charge is 0.0934 e. The fourth-order valence-corrected chi connectivity index (χ4v) is 2.76. The Morgan fingerprint density at radius 1 is 1.53 bits per heavy atom. The van der Waals surface area contributed by atoms with Crippen molar-refractivity contribution in [3.8, 4) is 0 Å². The van der Waals surface area contributed by atoms with E-state index in [9.17, 15) is 0 Å². The number of rotatable bonds is 5. The topological polar surface area (TPSA) is 24.9 Å². The molecule has 0 unspecified atom stereocenters. The largest absolute Gasteiger partial charge is 0.314 e. The average molecular weight is 224 g/mol. The number of aromatic nitrogens is 1. The van der Waals surface area contributed by atoms with Crippen LogP contribution in [0.25, 0.3) is 0 Å². The normalized spacial score (nSPS) is 18.4. The van der Waals surface area contributed by atoms with E-state index >= 15 is 0 Å². The molecule has 1 aromatic heterocycles. The molecule has 1 N–H and O–H groups in total. The van der Waals surface area contributed by atoms with Crippen molar-refractivity contribution in [3.63, 3.8) is 0 Å². The second kappa shape index (κ2) is 4.22. The second-order valence-electron chi connectivity index (χ2n) is 5.10. The van der Waals surface area contributed by atoms with Gasteiger partial charge in [-0.2, -0.15) is 0 Å². The fraction of sp³-hybridized carbons (Fsp3) is 0.750. The molecule has 1 aromatic rings. The van der Waals surface area contributed by atoms with Crippen molar-refractivity contribution in [1.29, 1.82) is 0 Å². The molecular formula is C12H20N2S. The predicted molar refractivity (Wildman–Crippen MR) is 65.4 cm³/mol. The van der Waals surface area contributed by atoms with Crippen LogP contribution in [0.3, 0.4) is 0 Å². The van der Waals surface area contributed by atoms with Gasteiger partial charge in [-0.1, -0.05) is 13.8 Å². The Hall–Kier alpha value is -0.410. The van der Waals surface area contributed by atoms with Crippen molar-refractivity contribution in [2.75, 3.05) is 6.54 Å². The lowest BCUT2D eigenvalue weighted by Crippen LogP contribution is -2.30. The van der Waals surface area contributed by atoms with Crippen molar-refractivity contribution >= 4 is 11.3 Å². The lowest BCUT2D eigenvalue weighted by molar-refractivity contribution is 0.429. The van der Waals surface area contributed by atoms with Gasteiger partial charge >= 0.3 is 0 Å². The van der Waals surface area contributed by atoms with Gasteiger partial charge in [-0.25, -0.2) is 4.98 Å². The van der Waals surface area contributed by atoms with E-state index in [0.717, 1.165) is 6.54 Å². The van der Waals surface area contributed by atoms with Gasteiger partial charge in [0.05, 0.1) is 5.01 Å². The molecule has 0 atom stereocenters. The maximum Gasteiger partial charge on any atom is 0.0934 e. The van der Waals surface area contributed by atoms with Gasteiger partial charge in [0.1, 0.15) is 0 Å². The summed E-state index contributed by atoms with van der Waals surface area (Å²) in [5, 5.41) is 7.02. The predicted octanol–water partition coefficient (Wildman–Crippen LogP) is 2.77. The quantitative estimate of drug-likeness (QED) is 0.832. The Morgan fingerprint density at radius 2 is 2.27 bits per heavy atom. The van der Waals surface area contributed by atoms with Gasteiger partial charge in [0, 0.05) is 30.1 Å². The highest BCUT2D eigenvalue weighted by Gasteiger charge is 2.42. The highest BCUT2D eigenvalue weighted by Crippen LogP contribution is 2.48. The molecule has 84 valence electrons. The van der Waals surface area contributed by atoms with Gasteiger partial charge in [0.25, 0.3) is 0 Å². The fourth-order valence-electron chi connectivity index (χ4n) is 1.82. The molecule has 2 rings (SSSR count). The van der Waals surface area contributed by atoms with E-state index in [1.165, 1.54) is 30.0 Å². The van der Waals surface area contributed by atoms with Gasteiger partial charge in [0.2, 0.25) is 0 Å². The van der Waals surface area contributed by atoms with E-state index in [4.69, 9.17) is 0 Å². The summed E-state index contributed by atoms with van der Waals surface area (Å²) in [7, 11) is 0. The van der Waals surface area contributed by atoms with Crippen molar-refractivity contribution in [2.45, 2.75) is 46.1 Å². The monoisotopic (exact) mass is 224 g/mol. The van der Waals surface area contributed by atoms with Gasteiger partial charge < -0.3 is 5.32 Å². The lowest BCUT2D eigenvalue weighted by atomic mass is 10.0. The van der Waals surface area contributed by atoms with Crippen LogP contribution in [0.15, 0.2) is 5.38 Å². The molecule has 3 heteroatoms. The summed E-state index contributed by atoms with van der Waals surface area (Å²) >= 11 is 1.81. The Morgan fingerprint density at radius 3 is 2.73 bits per heavy atom. The lowest BCUT2D eigenvalue weighted by Gasteiger charge is -2.16. The first-order valence-corrected chi connectivity index (χ1v) is 6.62. The van der Waals surface area contributed by atoms with E-state index in [0.29, 0.717) is 11.5 Å². The molecular weight excluding hydrogens is 204 g/mol. The molecule has 0 amide bonds. The summed E-state index contributed by atoms with van der Waals surface area (Å²) in [6.45, 7) is 7.66. The third kappa shape index (κ3) is 3.02. The maximum atomic E-state index is 4.55. The van der Waals surface area contributed by atoms with Crippen LogP contribution in [-0.2, 0) is 6.42 Å². The molecule has 0 aromatic carbocycles. The molecule has 0 radical (unpaired) electrons. The Labute approximate surface area is 96.1 Å². The van der Waals surface area contributed by atoms with E-state index in [2.05, 4.69) is 36.5 Å². The van der Waals surface area contributed by atoms with Crippen LogP contribution in [0.4, 0.5) is 0 Å². The van der Waals surface area contributed by atoms with Crippen LogP contribution < -0.4 is 5.32 Å². The summed E-state index contributed by atoms with van der Waals surface area (Å²) < 4.78 is 0. The van der Waals surface area contributed by atoms with Gasteiger partial charge in [-0.15, -0.1) is 11.3 Å². The first kappa shape index (κ1) is 11.1. The SMILES string of the molecule is Cc1csc(CC2(CNC(C)C)CC2)n1. The molecule has 0 aliphatic heterocycles.